The maximum Gasteiger partial charge on any atom is 0.310 e. The van der Waals surface area contributed by atoms with E-state index in [0.717, 1.165) is 0 Å². The van der Waals surface area contributed by atoms with E-state index in [2.05, 4.69) is 4.74 Å². The summed E-state index contributed by atoms with van der Waals surface area (Å²) in [6.45, 7) is 2.36. The Morgan fingerprint density at radius 3 is 1.38 bits per heavy atom. The third-order valence-corrected chi connectivity index (χ3v) is 0.287. The summed E-state index contributed by atoms with van der Waals surface area (Å²) in [6.07, 6.45) is 0. The molecule has 0 bridgehead atoms. The SMILES string of the molecule is CC(=O)OC(C)=O.[Ni]. The van der Waals surface area contributed by atoms with E-state index in [-0.39, 0.29) is 16.5 Å². The van der Waals surface area contributed by atoms with E-state index in [1.165, 1.54) is 13.8 Å². The molecular weight excluding hydrogens is 155 g/mol. The van der Waals surface area contributed by atoms with Gasteiger partial charge in [0.25, 0.3) is 0 Å². The number of hydrogen-bond donors (Lipinski definition) is 0. The summed E-state index contributed by atoms with van der Waals surface area (Å²) in [5.74, 6) is -1.12. The minimum absolute atomic E-state index is 0. The molecule has 0 aliphatic heterocycles. The molecule has 0 heterocycles. The second-order valence-electron chi connectivity index (χ2n) is 1.09. The Bertz CT molecular complexity index is 87.5. The van der Waals surface area contributed by atoms with Gasteiger partial charge in [0, 0.05) is 30.3 Å². The number of carbonyl (C=O) groups excluding carboxylic acids is 2. The smallest absolute Gasteiger partial charge is 0.310 e. The van der Waals surface area contributed by atoms with Gasteiger partial charge in [0.2, 0.25) is 0 Å². The predicted octanol–water partition coefficient (Wildman–Crippen LogP) is 0.0935. The minimum atomic E-state index is -0.562. The topological polar surface area (TPSA) is 43.4 Å². The molecule has 0 saturated carbocycles. The van der Waals surface area contributed by atoms with E-state index < -0.39 is 11.9 Å². The number of ether oxygens (including phenoxy) is 1. The van der Waals surface area contributed by atoms with Crippen LogP contribution in [0.25, 0.3) is 0 Å². The van der Waals surface area contributed by atoms with Crippen molar-refractivity contribution < 1.29 is 30.8 Å². The van der Waals surface area contributed by atoms with Crippen molar-refractivity contribution in [1.29, 1.82) is 0 Å². The van der Waals surface area contributed by atoms with E-state index in [1.54, 1.807) is 0 Å². The van der Waals surface area contributed by atoms with Crippen molar-refractivity contribution in [2.75, 3.05) is 0 Å². The first kappa shape index (κ1) is 10.6. The average Bonchev–Trinajstić information content (AvgIpc) is 1.27. The van der Waals surface area contributed by atoms with E-state index in [4.69, 9.17) is 0 Å². The molecule has 0 saturated heterocycles. The quantitative estimate of drug-likeness (QED) is 0.287. The minimum Gasteiger partial charge on any atom is -0.394 e. The van der Waals surface area contributed by atoms with Crippen molar-refractivity contribution in [3.05, 3.63) is 0 Å². The van der Waals surface area contributed by atoms with E-state index >= 15 is 0 Å². The largest absolute Gasteiger partial charge is 0.394 e. The van der Waals surface area contributed by atoms with Gasteiger partial charge in [-0.3, -0.25) is 9.59 Å². The Morgan fingerprint density at radius 2 is 1.38 bits per heavy atom. The van der Waals surface area contributed by atoms with Gasteiger partial charge in [0.15, 0.2) is 0 Å². The maximum absolute atomic E-state index is 9.81. The molecule has 0 atom stereocenters. The van der Waals surface area contributed by atoms with Crippen LogP contribution < -0.4 is 0 Å². The molecule has 0 aliphatic carbocycles. The second-order valence-corrected chi connectivity index (χ2v) is 1.09. The molecule has 0 unspecified atom stereocenters. The molecule has 0 aliphatic rings. The maximum atomic E-state index is 9.81. The number of carbonyl (C=O) groups is 2. The van der Waals surface area contributed by atoms with Gasteiger partial charge in [-0.1, -0.05) is 0 Å². The Kier molecular flexibility index (Phi) is 6.33. The van der Waals surface area contributed by atoms with Gasteiger partial charge in [-0.15, -0.1) is 0 Å². The first-order valence-electron chi connectivity index (χ1n) is 1.82. The average molecular weight is 161 g/mol. The molecule has 0 N–H and O–H groups in total. The molecule has 0 spiro atoms. The Labute approximate surface area is 57.3 Å². The first-order chi connectivity index (χ1) is 3.13. The van der Waals surface area contributed by atoms with Crippen molar-refractivity contribution in [2.24, 2.45) is 0 Å². The van der Waals surface area contributed by atoms with Crippen LogP contribution in [0.2, 0.25) is 0 Å². The number of hydrogen-bond acceptors (Lipinski definition) is 3. The van der Waals surface area contributed by atoms with Crippen molar-refractivity contribution in [3.8, 4) is 0 Å². The zero-order valence-electron chi connectivity index (χ0n) is 4.54. The standard InChI is InChI=1S/C4H6O3.Ni/c1-3(5)7-4(2)6;/h1-2H3;. The van der Waals surface area contributed by atoms with Gasteiger partial charge >= 0.3 is 11.9 Å². The summed E-state index contributed by atoms with van der Waals surface area (Å²) in [5, 5.41) is 0. The van der Waals surface area contributed by atoms with Crippen LogP contribution in [0.4, 0.5) is 0 Å². The van der Waals surface area contributed by atoms with Gasteiger partial charge in [0.05, 0.1) is 0 Å². The van der Waals surface area contributed by atoms with Crippen LogP contribution in [-0.2, 0) is 30.8 Å². The first-order valence-corrected chi connectivity index (χ1v) is 1.82. The fourth-order valence-corrected chi connectivity index (χ4v) is 0.202. The van der Waals surface area contributed by atoms with E-state index in [0.29, 0.717) is 0 Å². The summed E-state index contributed by atoms with van der Waals surface area (Å²) in [5.41, 5.74) is 0. The van der Waals surface area contributed by atoms with Crippen LogP contribution in [0.1, 0.15) is 13.8 Å². The predicted molar refractivity (Wildman–Crippen MR) is 22.4 cm³/mol. The Hall–Kier alpha value is -0.366. The summed E-state index contributed by atoms with van der Waals surface area (Å²) in [4.78, 5) is 19.6. The fourth-order valence-electron chi connectivity index (χ4n) is 0.202. The van der Waals surface area contributed by atoms with Crippen molar-refractivity contribution in [1.82, 2.24) is 0 Å². The van der Waals surface area contributed by atoms with Gasteiger partial charge < -0.3 is 4.74 Å². The molecule has 8 heavy (non-hydrogen) atoms. The van der Waals surface area contributed by atoms with Crippen LogP contribution >= 0.6 is 0 Å². The van der Waals surface area contributed by atoms with Gasteiger partial charge in [-0.05, 0) is 0 Å². The van der Waals surface area contributed by atoms with Crippen LogP contribution in [0.5, 0.6) is 0 Å². The second kappa shape index (κ2) is 4.78. The normalized spacial score (nSPS) is 6.75. The molecule has 0 aromatic heterocycles. The van der Waals surface area contributed by atoms with Crippen molar-refractivity contribution in [2.45, 2.75) is 13.8 Å². The third-order valence-electron chi connectivity index (χ3n) is 0.287. The zero-order valence-corrected chi connectivity index (χ0v) is 5.53. The van der Waals surface area contributed by atoms with Gasteiger partial charge in [0.1, 0.15) is 0 Å². The van der Waals surface area contributed by atoms with E-state index in [1.807, 2.05) is 0 Å². The summed E-state index contributed by atoms with van der Waals surface area (Å²) in [7, 11) is 0. The molecule has 0 rings (SSSR count). The Balaban J connectivity index is 0. The van der Waals surface area contributed by atoms with E-state index in [9.17, 15) is 9.59 Å². The molecular formula is C4H6NiO3. The molecule has 3 nitrogen and oxygen atoms in total. The Morgan fingerprint density at radius 1 is 1.12 bits per heavy atom. The molecule has 0 amide bonds. The van der Waals surface area contributed by atoms with Crippen LogP contribution in [0, 0.1) is 0 Å². The van der Waals surface area contributed by atoms with Crippen LogP contribution in [-0.4, -0.2) is 11.9 Å². The monoisotopic (exact) mass is 160 g/mol. The fraction of sp³-hybridized carbons (Fsp3) is 0.500. The van der Waals surface area contributed by atoms with Crippen molar-refractivity contribution >= 4 is 11.9 Å². The van der Waals surface area contributed by atoms with Gasteiger partial charge in [-0.2, -0.15) is 0 Å². The van der Waals surface area contributed by atoms with Crippen molar-refractivity contribution in [3.63, 3.8) is 0 Å². The molecule has 0 radical (unpaired) electrons. The third kappa shape index (κ3) is 9.16. The molecule has 0 fully saturated rings. The number of rotatable bonds is 0. The summed E-state index contributed by atoms with van der Waals surface area (Å²) < 4.78 is 3.97. The molecule has 0 aromatic rings. The molecule has 0 aromatic carbocycles. The van der Waals surface area contributed by atoms with Gasteiger partial charge in [-0.25, -0.2) is 0 Å². The summed E-state index contributed by atoms with van der Waals surface area (Å²) in [6, 6.07) is 0. The van der Waals surface area contributed by atoms with Crippen LogP contribution in [0.3, 0.4) is 0 Å². The molecule has 4 heteroatoms. The zero-order chi connectivity index (χ0) is 5.86. The molecule has 50 valence electrons. The van der Waals surface area contributed by atoms with Crippen LogP contribution in [0.15, 0.2) is 0 Å². The number of esters is 2. The summed E-state index contributed by atoms with van der Waals surface area (Å²) >= 11 is 0.